The lowest BCUT2D eigenvalue weighted by Crippen LogP contribution is -2.29. The van der Waals surface area contributed by atoms with Crippen LogP contribution in [0.1, 0.15) is 24.3 Å². The van der Waals surface area contributed by atoms with Gasteiger partial charge in [-0.1, -0.05) is 30.3 Å². The molecule has 1 atom stereocenters. The normalized spacial score (nSPS) is 16.3. The summed E-state index contributed by atoms with van der Waals surface area (Å²) in [5.74, 6) is 0.731. The maximum atomic E-state index is 12.8. The number of hydrogen-bond acceptors (Lipinski definition) is 6. The summed E-state index contributed by atoms with van der Waals surface area (Å²) in [6.45, 7) is 2.01. The van der Waals surface area contributed by atoms with Crippen LogP contribution in [0.2, 0.25) is 0 Å². The van der Waals surface area contributed by atoms with E-state index in [1.807, 2.05) is 37.3 Å². The van der Waals surface area contributed by atoms with Crippen molar-refractivity contribution in [2.45, 2.75) is 19.6 Å². The van der Waals surface area contributed by atoms with Crippen LogP contribution in [0.25, 0.3) is 0 Å². The van der Waals surface area contributed by atoms with Gasteiger partial charge in [-0.15, -0.1) is 0 Å². The molecule has 7 nitrogen and oxygen atoms in total. The minimum Gasteiger partial charge on any atom is -0.467 e. The first-order valence-electron chi connectivity index (χ1n) is 7.86. The number of nitrogens with one attached hydrogen (secondary N) is 1. The first-order chi connectivity index (χ1) is 12.2. The third-order valence-corrected chi connectivity index (χ3v) is 4.04. The minimum atomic E-state index is -0.517. The number of hydrogen-bond donors (Lipinski definition) is 1. The van der Waals surface area contributed by atoms with Gasteiger partial charge in [-0.2, -0.15) is 10.1 Å². The van der Waals surface area contributed by atoms with Gasteiger partial charge in [0.25, 0.3) is 0 Å². The molecule has 3 aromatic rings. The highest BCUT2D eigenvalue weighted by Crippen LogP contribution is 2.35. The highest BCUT2D eigenvalue weighted by Gasteiger charge is 2.36. The maximum absolute atomic E-state index is 12.8. The molecule has 0 aliphatic carbocycles. The Labute approximate surface area is 143 Å². The van der Waals surface area contributed by atoms with Gasteiger partial charge in [0.2, 0.25) is 5.95 Å². The third-order valence-electron chi connectivity index (χ3n) is 4.04. The van der Waals surface area contributed by atoms with Gasteiger partial charge in [-0.3, -0.25) is 0 Å². The summed E-state index contributed by atoms with van der Waals surface area (Å²) < 4.78 is 12.7. The van der Waals surface area contributed by atoms with Crippen LogP contribution in [-0.2, 0) is 16.1 Å². The quantitative estimate of drug-likeness (QED) is 0.738. The average molecular weight is 336 g/mol. The number of allylic oxidation sites excluding steroid dienone is 1. The van der Waals surface area contributed by atoms with E-state index >= 15 is 0 Å². The highest BCUT2D eigenvalue weighted by molar-refractivity contribution is 5.92. The van der Waals surface area contributed by atoms with Gasteiger partial charge in [0, 0.05) is 5.70 Å². The van der Waals surface area contributed by atoms with Crippen LogP contribution in [-0.4, -0.2) is 20.7 Å². The van der Waals surface area contributed by atoms with Crippen molar-refractivity contribution < 1.29 is 13.9 Å². The monoisotopic (exact) mass is 336 g/mol. The Morgan fingerprint density at radius 3 is 2.88 bits per heavy atom. The van der Waals surface area contributed by atoms with Crippen molar-refractivity contribution in [3.8, 4) is 0 Å². The van der Waals surface area contributed by atoms with Crippen molar-refractivity contribution in [1.29, 1.82) is 0 Å². The van der Waals surface area contributed by atoms with Crippen LogP contribution in [0.3, 0.4) is 0 Å². The average Bonchev–Trinajstić information content (AvgIpc) is 3.31. The molecule has 4 rings (SSSR count). The van der Waals surface area contributed by atoms with E-state index < -0.39 is 12.0 Å². The Morgan fingerprint density at radius 2 is 2.12 bits per heavy atom. The summed E-state index contributed by atoms with van der Waals surface area (Å²) in [7, 11) is 0. The second-order valence-corrected chi connectivity index (χ2v) is 5.67. The number of rotatable bonds is 4. The number of furan rings is 1. The summed E-state index contributed by atoms with van der Waals surface area (Å²) in [6, 6.07) is 12.6. The summed E-state index contributed by atoms with van der Waals surface area (Å²) >= 11 is 0. The van der Waals surface area contributed by atoms with Crippen LogP contribution in [0.5, 0.6) is 0 Å². The largest absolute Gasteiger partial charge is 0.467 e. The number of esters is 1. The van der Waals surface area contributed by atoms with Gasteiger partial charge < -0.3 is 14.5 Å². The van der Waals surface area contributed by atoms with Crippen molar-refractivity contribution in [3.63, 3.8) is 0 Å². The molecule has 1 N–H and O–H groups in total. The molecule has 0 saturated heterocycles. The maximum Gasteiger partial charge on any atom is 0.338 e. The van der Waals surface area contributed by atoms with Crippen molar-refractivity contribution in [3.05, 3.63) is 77.6 Å². The van der Waals surface area contributed by atoms with E-state index in [-0.39, 0.29) is 6.61 Å². The number of ether oxygens (including phenoxy) is 1. The van der Waals surface area contributed by atoms with Crippen molar-refractivity contribution in [2.24, 2.45) is 0 Å². The molecule has 3 heterocycles. The fraction of sp³-hybridized carbons (Fsp3) is 0.167. The van der Waals surface area contributed by atoms with Crippen LogP contribution < -0.4 is 5.32 Å². The number of aromatic nitrogens is 3. The summed E-state index contributed by atoms with van der Waals surface area (Å²) in [5, 5.41) is 7.31. The lowest BCUT2D eigenvalue weighted by Gasteiger charge is -2.26. The zero-order chi connectivity index (χ0) is 17.2. The van der Waals surface area contributed by atoms with Crippen LogP contribution in [0, 0.1) is 0 Å². The molecule has 0 fully saturated rings. The van der Waals surface area contributed by atoms with Gasteiger partial charge in [0.05, 0.1) is 11.8 Å². The first-order valence-corrected chi connectivity index (χ1v) is 7.86. The lowest BCUT2D eigenvalue weighted by molar-refractivity contribution is -0.140. The molecular formula is C18H16N4O3. The molecule has 0 spiro atoms. The van der Waals surface area contributed by atoms with Gasteiger partial charge in [0.15, 0.2) is 0 Å². The lowest BCUT2D eigenvalue weighted by atomic mass is 10.0. The number of fused-ring (bicyclic) bond motifs is 1. The van der Waals surface area contributed by atoms with E-state index in [2.05, 4.69) is 15.4 Å². The van der Waals surface area contributed by atoms with E-state index in [0.717, 1.165) is 5.56 Å². The smallest absolute Gasteiger partial charge is 0.338 e. The van der Waals surface area contributed by atoms with Crippen molar-refractivity contribution in [2.75, 3.05) is 5.32 Å². The molecule has 25 heavy (non-hydrogen) atoms. The Morgan fingerprint density at radius 1 is 1.28 bits per heavy atom. The Bertz CT molecular complexity index is 913. The SMILES string of the molecule is CC1=C(C(=O)OCc2ccccc2)[C@H](c2ccco2)n2ncnc2N1. The first kappa shape index (κ1) is 15.2. The number of benzene rings is 1. The molecule has 0 saturated carbocycles. The molecular weight excluding hydrogens is 320 g/mol. The van der Waals surface area contributed by atoms with Crippen molar-refractivity contribution in [1.82, 2.24) is 14.8 Å². The standard InChI is InChI=1S/C18H16N4O3/c1-12-15(17(23)25-10-13-6-3-2-4-7-13)16(14-8-5-9-24-14)22-18(21-12)19-11-20-22/h2-9,11,16H,10H2,1H3,(H,19,20,21)/t16-/m0/s1. The summed E-state index contributed by atoms with van der Waals surface area (Å²) in [4.78, 5) is 17.0. The molecule has 126 valence electrons. The van der Waals surface area contributed by atoms with Gasteiger partial charge in [-0.05, 0) is 24.6 Å². The van der Waals surface area contributed by atoms with Gasteiger partial charge in [-0.25, -0.2) is 9.48 Å². The third kappa shape index (κ3) is 2.80. The van der Waals surface area contributed by atoms with E-state index in [9.17, 15) is 4.79 Å². The van der Waals surface area contributed by atoms with Crippen LogP contribution in [0.15, 0.2) is 70.7 Å². The van der Waals surface area contributed by atoms with E-state index in [1.54, 1.807) is 23.1 Å². The van der Waals surface area contributed by atoms with Crippen LogP contribution in [0.4, 0.5) is 5.95 Å². The summed E-state index contributed by atoms with van der Waals surface area (Å²) in [6.07, 6.45) is 3.00. The second kappa shape index (κ2) is 6.27. The molecule has 0 amide bonds. The molecule has 0 radical (unpaired) electrons. The predicted molar refractivity (Wildman–Crippen MR) is 89.4 cm³/mol. The zero-order valence-corrected chi connectivity index (χ0v) is 13.5. The molecule has 2 aromatic heterocycles. The predicted octanol–water partition coefficient (Wildman–Crippen LogP) is 2.90. The molecule has 0 bridgehead atoms. The summed E-state index contributed by atoms with van der Waals surface area (Å²) in [5.41, 5.74) is 2.04. The molecule has 1 aliphatic heterocycles. The second-order valence-electron chi connectivity index (χ2n) is 5.67. The number of anilines is 1. The fourth-order valence-electron chi connectivity index (χ4n) is 2.87. The van der Waals surface area contributed by atoms with Crippen LogP contribution >= 0.6 is 0 Å². The number of nitrogens with zero attached hydrogens (tertiary/aromatic N) is 3. The number of carbonyl (C=O) groups is 1. The Hall–Kier alpha value is -3.35. The topological polar surface area (TPSA) is 82.2 Å². The molecule has 0 unspecified atom stereocenters. The van der Waals surface area contributed by atoms with E-state index in [1.165, 1.54) is 6.33 Å². The van der Waals surface area contributed by atoms with Crippen molar-refractivity contribution >= 4 is 11.9 Å². The molecule has 7 heteroatoms. The number of carbonyl (C=O) groups excluding carboxylic acids is 1. The highest BCUT2D eigenvalue weighted by atomic mass is 16.5. The zero-order valence-electron chi connectivity index (χ0n) is 13.5. The minimum absolute atomic E-state index is 0.200. The van der Waals surface area contributed by atoms with Gasteiger partial charge in [0.1, 0.15) is 24.7 Å². The molecule has 1 aliphatic rings. The van der Waals surface area contributed by atoms with E-state index in [4.69, 9.17) is 9.15 Å². The van der Waals surface area contributed by atoms with E-state index in [0.29, 0.717) is 23.0 Å². The Kier molecular flexibility index (Phi) is 3.81. The fourth-order valence-corrected chi connectivity index (χ4v) is 2.87. The Balaban J connectivity index is 1.65. The molecule has 1 aromatic carbocycles. The van der Waals surface area contributed by atoms with Gasteiger partial charge >= 0.3 is 5.97 Å².